The van der Waals surface area contributed by atoms with Gasteiger partial charge in [-0.3, -0.25) is 0 Å². The van der Waals surface area contributed by atoms with Gasteiger partial charge in [0.05, 0.1) is 26.1 Å². The van der Waals surface area contributed by atoms with E-state index < -0.39 is 0 Å². The maximum absolute atomic E-state index is 5.61. The van der Waals surface area contributed by atoms with Gasteiger partial charge in [-0.15, -0.1) is 0 Å². The van der Waals surface area contributed by atoms with E-state index in [1.54, 1.807) is 0 Å². The van der Waals surface area contributed by atoms with E-state index in [4.69, 9.17) is 20.9 Å². The maximum atomic E-state index is 5.61. The zero-order valence-electron chi connectivity index (χ0n) is 7.00. The van der Waals surface area contributed by atoms with Gasteiger partial charge >= 0.3 is 0 Å². The van der Waals surface area contributed by atoms with Gasteiger partial charge in [-0.05, 0) is 0 Å². The van der Waals surface area contributed by atoms with E-state index in [1.807, 2.05) is 0 Å². The minimum Gasteiger partial charge on any atom is -0.492 e. The number of pyridine rings is 1. The van der Waals surface area contributed by atoms with Crippen LogP contribution in [0.1, 0.15) is 0 Å². The molecule has 66 valence electrons. The van der Waals surface area contributed by atoms with Crippen molar-refractivity contribution in [3.05, 3.63) is 6.20 Å². The standard InChI is InChI=1S/C7H11N3O2/c1-11-6-4(8)3-10-7(12-2)5(6)9/h3H,8-9H2,1-2H3. The van der Waals surface area contributed by atoms with Crippen LogP contribution in [0.5, 0.6) is 11.6 Å². The Morgan fingerprint density at radius 1 is 1.25 bits per heavy atom. The van der Waals surface area contributed by atoms with Gasteiger partial charge in [0.15, 0.2) is 5.75 Å². The first-order valence-corrected chi connectivity index (χ1v) is 3.32. The largest absolute Gasteiger partial charge is 0.492 e. The van der Waals surface area contributed by atoms with Crippen LogP contribution < -0.4 is 20.9 Å². The fourth-order valence-corrected chi connectivity index (χ4v) is 0.899. The Balaban J connectivity index is 3.24. The first-order valence-electron chi connectivity index (χ1n) is 3.32. The number of nitrogen functional groups attached to an aromatic ring is 2. The molecule has 0 saturated heterocycles. The van der Waals surface area contributed by atoms with Gasteiger partial charge in [-0.2, -0.15) is 0 Å². The van der Waals surface area contributed by atoms with Crippen LogP contribution in [0.25, 0.3) is 0 Å². The van der Waals surface area contributed by atoms with Gasteiger partial charge in [-0.1, -0.05) is 0 Å². The molecule has 12 heavy (non-hydrogen) atoms. The maximum Gasteiger partial charge on any atom is 0.240 e. The van der Waals surface area contributed by atoms with Gasteiger partial charge in [0.25, 0.3) is 0 Å². The summed E-state index contributed by atoms with van der Waals surface area (Å²) in [5, 5.41) is 0. The molecule has 0 atom stereocenters. The third kappa shape index (κ3) is 1.20. The summed E-state index contributed by atoms with van der Waals surface area (Å²) in [6, 6.07) is 0. The monoisotopic (exact) mass is 169 g/mol. The molecule has 0 radical (unpaired) electrons. The van der Waals surface area contributed by atoms with Gasteiger partial charge in [0.2, 0.25) is 5.88 Å². The molecule has 0 aromatic carbocycles. The molecule has 0 unspecified atom stereocenters. The summed E-state index contributed by atoms with van der Waals surface area (Å²) in [6.07, 6.45) is 1.44. The predicted molar refractivity (Wildman–Crippen MR) is 46.2 cm³/mol. The smallest absolute Gasteiger partial charge is 0.240 e. The number of hydrogen-bond donors (Lipinski definition) is 2. The van der Waals surface area contributed by atoms with Crippen molar-refractivity contribution >= 4 is 11.4 Å². The molecule has 0 fully saturated rings. The van der Waals surface area contributed by atoms with Gasteiger partial charge < -0.3 is 20.9 Å². The number of nitrogens with two attached hydrogens (primary N) is 2. The molecule has 1 aromatic rings. The van der Waals surface area contributed by atoms with Crippen molar-refractivity contribution in [2.75, 3.05) is 25.7 Å². The summed E-state index contributed by atoms with van der Waals surface area (Å²) >= 11 is 0. The lowest BCUT2D eigenvalue weighted by atomic mass is 10.3. The van der Waals surface area contributed by atoms with Crippen LogP contribution in [0.2, 0.25) is 0 Å². The molecule has 0 bridgehead atoms. The van der Waals surface area contributed by atoms with Crippen molar-refractivity contribution in [2.24, 2.45) is 0 Å². The molecule has 5 nitrogen and oxygen atoms in total. The van der Waals surface area contributed by atoms with E-state index in [1.165, 1.54) is 20.4 Å². The van der Waals surface area contributed by atoms with Crippen LogP contribution >= 0.6 is 0 Å². The van der Waals surface area contributed by atoms with Gasteiger partial charge in [0.1, 0.15) is 5.69 Å². The van der Waals surface area contributed by atoms with E-state index in [-0.39, 0.29) is 0 Å². The number of rotatable bonds is 2. The van der Waals surface area contributed by atoms with Crippen LogP contribution in [-0.4, -0.2) is 19.2 Å². The molecule has 1 aromatic heterocycles. The van der Waals surface area contributed by atoms with Crippen LogP contribution in [0.15, 0.2) is 6.20 Å². The fraction of sp³-hybridized carbons (Fsp3) is 0.286. The molecule has 0 aliphatic rings. The van der Waals surface area contributed by atoms with Crippen LogP contribution in [0, 0.1) is 0 Å². The first kappa shape index (κ1) is 8.45. The minimum atomic E-state index is 0.319. The summed E-state index contributed by atoms with van der Waals surface area (Å²) in [5.74, 6) is 0.725. The summed E-state index contributed by atoms with van der Waals surface area (Å²) in [5.41, 5.74) is 11.9. The topological polar surface area (TPSA) is 83.4 Å². The molecule has 5 heteroatoms. The summed E-state index contributed by atoms with van der Waals surface area (Å²) in [7, 11) is 2.97. The highest BCUT2D eigenvalue weighted by Crippen LogP contribution is 2.33. The van der Waals surface area contributed by atoms with E-state index in [0.717, 1.165) is 0 Å². The molecule has 0 aliphatic carbocycles. The van der Waals surface area contributed by atoms with Gasteiger partial charge in [0, 0.05) is 0 Å². The summed E-state index contributed by atoms with van der Waals surface area (Å²) < 4.78 is 9.82. The molecule has 0 amide bonds. The molecule has 1 rings (SSSR count). The van der Waals surface area contributed by atoms with Crippen LogP contribution in [-0.2, 0) is 0 Å². The number of methoxy groups -OCH3 is 2. The SMILES string of the molecule is COc1ncc(N)c(OC)c1N. The Kier molecular flexibility index (Phi) is 2.23. The molecular formula is C7H11N3O2. The molecule has 0 saturated carbocycles. The number of nitrogens with zero attached hydrogens (tertiary/aromatic N) is 1. The highest BCUT2D eigenvalue weighted by molar-refractivity contribution is 5.70. The quantitative estimate of drug-likeness (QED) is 0.663. The Hall–Kier alpha value is -1.65. The number of hydrogen-bond acceptors (Lipinski definition) is 5. The van der Waals surface area contributed by atoms with Crippen molar-refractivity contribution in [1.29, 1.82) is 0 Å². The number of ether oxygens (including phenoxy) is 2. The van der Waals surface area contributed by atoms with Crippen LogP contribution in [0.4, 0.5) is 11.4 Å². The molecule has 4 N–H and O–H groups in total. The third-order valence-corrected chi connectivity index (χ3v) is 1.46. The molecule has 0 aliphatic heterocycles. The Morgan fingerprint density at radius 2 is 1.92 bits per heavy atom. The zero-order valence-corrected chi connectivity index (χ0v) is 7.00. The van der Waals surface area contributed by atoms with Crippen molar-refractivity contribution in [1.82, 2.24) is 4.98 Å². The van der Waals surface area contributed by atoms with Gasteiger partial charge in [-0.25, -0.2) is 4.98 Å². The lowest BCUT2D eigenvalue weighted by Gasteiger charge is -2.09. The highest BCUT2D eigenvalue weighted by atomic mass is 16.5. The average molecular weight is 169 g/mol. The fourth-order valence-electron chi connectivity index (χ4n) is 0.899. The van der Waals surface area contributed by atoms with Crippen molar-refractivity contribution in [3.63, 3.8) is 0 Å². The average Bonchev–Trinajstić information content (AvgIpc) is 2.06. The molecular weight excluding hydrogens is 158 g/mol. The predicted octanol–water partition coefficient (Wildman–Crippen LogP) is 0.263. The summed E-state index contributed by atoms with van der Waals surface area (Å²) in [6.45, 7) is 0. The Morgan fingerprint density at radius 3 is 2.42 bits per heavy atom. The molecule has 1 heterocycles. The molecule has 0 spiro atoms. The zero-order chi connectivity index (χ0) is 9.14. The van der Waals surface area contributed by atoms with Crippen molar-refractivity contribution < 1.29 is 9.47 Å². The van der Waals surface area contributed by atoms with Crippen molar-refractivity contribution in [3.8, 4) is 11.6 Å². The normalized spacial score (nSPS) is 9.50. The first-order chi connectivity index (χ1) is 5.70. The van der Waals surface area contributed by atoms with E-state index >= 15 is 0 Å². The number of anilines is 2. The third-order valence-electron chi connectivity index (χ3n) is 1.46. The second-order valence-electron chi connectivity index (χ2n) is 2.17. The van der Waals surface area contributed by atoms with E-state index in [2.05, 4.69) is 4.98 Å². The van der Waals surface area contributed by atoms with Crippen molar-refractivity contribution in [2.45, 2.75) is 0 Å². The lowest BCUT2D eigenvalue weighted by molar-refractivity contribution is 0.387. The Labute approximate surface area is 70.3 Å². The highest BCUT2D eigenvalue weighted by Gasteiger charge is 2.10. The van der Waals surface area contributed by atoms with E-state index in [0.29, 0.717) is 23.0 Å². The second-order valence-corrected chi connectivity index (χ2v) is 2.17. The Bertz CT molecular complexity index is 288. The lowest BCUT2D eigenvalue weighted by Crippen LogP contribution is -2.02. The minimum absolute atomic E-state index is 0.319. The summed E-state index contributed by atoms with van der Waals surface area (Å²) in [4.78, 5) is 3.85. The van der Waals surface area contributed by atoms with Crippen LogP contribution in [0.3, 0.4) is 0 Å². The second kappa shape index (κ2) is 3.17. The number of aromatic nitrogens is 1. The van der Waals surface area contributed by atoms with E-state index in [9.17, 15) is 0 Å².